The number of carbonyl (C=O) groups excluding carboxylic acids is 1. The maximum Gasteiger partial charge on any atom is 0.419 e. The SMILES string of the molecule is CCn1c(=O)oc2cc(NC(=O)CC#N)ccc21. The summed E-state index contributed by atoms with van der Waals surface area (Å²) in [5.74, 6) is -0.817. The molecule has 0 fully saturated rings. The van der Waals surface area contributed by atoms with Gasteiger partial charge in [-0.3, -0.25) is 9.36 Å². The third-order valence-electron chi connectivity index (χ3n) is 2.51. The number of nitrogens with zero attached hydrogens (tertiary/aromatic N) is 2. The van der Waals surface area contributed by atoms with Crippen molar-refractivity contribution in [3.05, 3.63) is 28.7 Å². The second kappa shape index (κ2) is 4.75. The van der Waals surface area contributed by atoms with E-state index in [1.54, 1.807) is 24.3 Å². The number of anilines is 1. The Morgan fingerprint density at radius 1 is 1.56 bits per heavy atom. The maximum absolute atomic E-state index is 11.5. The topological polar surface area (TPSA) is 88.0 Å². The van der Waals surface area contributed by atoms with Gasteiger partial charge in [-0.15, -0.1) is 0 Å². The molecule has 1 amide bonds. The van der Waals surface area contributed by atoms with Crippen molar-refractivity contribution < 1.29 is 9.21 Å². The molecule has 0 aliphatic carbocycles. The molecule has 92 valence electrons. The van der Waals surface area contributed by atoms with Crippen LogP contribution in [0, 0.1) is 11.3 Å². The molecule has 0 aliphatic heterocycles. The van der Waals surface area contributed by atoms with E-state index in [0.29, 0.717) is 23.3 Å². The Labute approximate surface area is 102 Å². The Morgan fingerprint density at radius 3 is 3.00 bits per heavy atom. The number of hydrogen-bond donors (Lipinski definition) is 1. The Hall–Kier alpha value is -2.55. The first-order valence-electron chi connectivity index (χ1n) is 5.46. The van der Waals surface area contributed by atoms with E-state index in [4.69, 9.17) is 9.68 Å². The van der Waals surface area contributed by atoms with Crippen LogP contribution in [0.15, 0.2) is 27.4 Å². The molecule has 0 spiro atoms. The zero-order valence-electron chi connectivity index (χ0n) is 9.77. The van der Waals surface area contributed by atoms with Crippen molar-refractivity contribution in [3.63, 3.8) is 0 Å². The van der Waals surface area contributed by atoms with Gasteiger partial charge in [0.2, 0.25) is 5.91 Å². The Kier molecular flexibility index (Phi) is 3.15. The van der Waals surface area contributed by atoms with E-state index in [2.05, 4.69) is 5.32 Å². The molecule has 2 rings (SSSR count). The zero-order chi connectivity index (χ0) is 13.1. The summed E-state index contributed by atoms with van der Waals surface area (Å²) in [6, 6.07) is 6.69. The standard InChI is InChI=1S/C12H11N3O3/c1-2-15-9-4-3-8(14-11(16)5-6-13)7-10(9)18-12(15)17/h3-4,7H,2,5H2,1H3,(H,14,16). The van der Waals surface area contributed by atoms with Gasteiger partial charge in [0.1, 0.15) is 6.42 Å². The highest BCUT2D eigenvalue weighted by atomic mass is 16.4. The first kappa shape index (κ1) is 11.9. The lowest BCUT2D eigenvalue weighted by molar-refractivity contribution is -0.115. The summed E-state index contributed by atoms with van der Waals surface area (Å²) < 4.78 is 6.56. The van der Waals surface area contributed by atoms with Crippen LogP contribution in [0.1, 0.15) is 13.3 Å². The van der Waals surface area contributed by atoms with Gasteiger partial charge < -0.3 is 9.73 Å². The molecule has 0 saturated carbocycles. The Bertz CT molecular complexity index is 691. The van der Waals surface area contributed by atoms with Gasteiger partial charge in [0.15, 0.2) is 5.58 Å². The monoisotopic (exact) mass is 245 g/mol. The third-order valence-corrected chi connectivity index (χ3v) is 2.51. The zero-order valence-corrected chi connectivity index (χ0v) is 9.77. The smallest absolute Gasteiger partial charge is 0.408 e. The minimum absolute atomic E-state index is 0.210. The number of nitriles is 1. The summed E-state index contributed by atoms with van der Waals surface area (Å²) in [7, 11) is 0. The molecule has 0 atom stereocenters. The molecule has 0 saturated heterocycles. The minimum atomic E-state index is -0.423. The molecule has 0 bridgehead atoms. The number of rotatable bonds is 3. The molecule has 18 heavy (non-hydrogen) atoms. The van der Waals surface area contributed by atoms with Gasteiger partial charge in [-0.05, 0) is 19.1 Å². The number of oxazole rings is 1. The Balaban J connectivity index is 2.37. The van der Waals surface area contributed by atoms with Crippen molar-refractivity contribution >= 4 is 22.7 Å². The third kappa shape index (κ3) is 2.11. The van der Waals surface area contributed by atoms with E-state index >= 15 is 0 Å². The highest BCUT2D eigenvalue weighted by molar-refractivity contribution is 5.93. The van der Waals surface area contributed by atoms with Gasteiger partial charge in [0.05, 0.1) is 11.6 Å². The van der Waals surface area contributed by atoms with Crippen molar-refractivity contribution in [2.75, 3.05) is 5.32 Å². The lowest BCUT2D eigenvalue weighted by atomic mass is 10.2. The van der Waals surface area contributed by atoms with Gasteiger partial charge in [-0.25, -0.2) is 4.79 Å². The predicted molar refractivity (Wildman–Crippen MR) is 65.0 cm³/mol. The van der Waals surface area contributed by atoms with Gasteiger partial charge in [0.25, 0.3) is 0 Å². The number of hydrogen-bond acceptors (Lipinski definition) is 4. The largest absolute Gasteiger partial charge is 0.419 e. The molecule has 0 aliphatic rings. The molecule has 2 aromatic rings. The summed E-state index contributed by atoms with van der Waals surface area (Å²) in [5.41, 5.74) is 1.59. The van der Waals surface area contributed by atoms with E-state index in [0.717, 1.165) is 0 Å². The minimum Gasteiger partial charge on any atom is -0.408 e. The van der Waals surface area contributed by atoms with Crippen molar-refractivity contribution in [2.24, 2.45) is 0 Å². The first-order chi connectivity index (χ1) is 8.65. The molecule has 0 radical (unpaired) electrons. The number of amides is 1. The number of aryl methyl sites for hydroxylation is 1. The fourth-order valence-electron chi connectivity index (χ4n) is 1.72. The second-order valence-electron chi connectivity index (χ2n) is 3.68. The van der Waals surface area contributed by atoms with Crippen LogP contribution < -0.4 is 11.1 Å². The van der Waals surface area contributed by atoms with Crippen LogP contribution in [0.25, 0.3) is 11.1 Å². The Morgan fingerprint density at radius 2 is 2.33 bits per heavy atom. The van der Waals surface area contributed by atoms with Gasteiger partial charge in [-0.1, -0.05) is 0 Å². The molecule has 1 heterocycles. The van der Waals surface area contributed by atoms with Crippen LogP contribution in [-0.4, -0.2) is 10.5 Å². The molecular weight excluding hydrogens is 234 g/mol. The number of carbonyl (C=O) groups is 1. The van der Waals surface area contributed by atoms with Crippen LogP contribution in [0.4, 0.5) is 5.69 Å². The highest BCUT2D eigenvalue weighted by Crippen LogP contribution is 2.18. The maximum atomic E-state index is 11.5. The summed E-state index contributed by atoms with van der Waals surface area (Å²) in [4.78, 5) is 22.7. The molecule has 1 N–H and O–H groups in total. The van der Waals surface area contributed by atoms with Crippen LogP contribution >= 0.6 is 0 Å². The fraction of sp³-hybridized carbons (Fsp3) is 0.250. The average molecular weight is 245 g/mol. The van der Waals surface area contributed by atoms with Gasteiger partial charge >= 0.3 is 5.76 Å². The average Bonchev–Trinajstić information content (AvgIpc) is 2.63. The summed E-state index contributed by atoms with van der Waals surface area (Å²) in [6.45, 7) is 2.37. The van der Waals surface area contributed by atoms with Crippen molar-refractivity contribution in [1.29, 1.82) is 5.26 Å². The van der Waals surface area contributed by atoms with E-state index in [1.165, 1.54) is 4.57 Å². The second-order valence-corrected chi connectivity index (χ2v) is 3.68. The van der Waals surface area contributed by atoms with E-state index in [1.807, 2.05) is 6.92 Å². The van der Waals surface area contributed by atoms with Crippen LogP contribution in [0.3, 0.4) is 0 Å². The number of aromatic nitrogens is 1. The fourth-order valence-corrected chi connectivity index (χ4v) is 1.72. The molecule has 1 aromatic heterocycles. The molecule has 6 nitrogen and oxygen atoms in total. The van der Waals surface area contributed by atoms with Crippen LogP contribution in [0.5, 0.6) is 0 Å². The van der Waals surface area contributed by atoms with Gasteiger partial charge in [0, 0.05) is 18.3 Å². The molecule has 0 unspecified atom stereocenters. The van der Waals surface area contributed by atoms with E-state index in [-0.39, 0.29) is 6.42 Å². The molecular formula is C12H11N3O3. The summed E-state index contributed by atoms with van der Waals surface area (Å²) >= 11 is 0. The highest BCUT2D eigenvalue weighted by Gasteiger charge is 2.09. The van der Waals surface area contributed by atoms with Crippen molar-refractivity contribution in [2.45, 2.75) is 19.9 Å². The number of benzene rings is 1. The lowest BCUT2D eigenvalue weighted by Gasteiger charge is -2.02. The lowest BCUT2D eigenvalue weighted by Crippen LogP contribution is -2.12. The van der Waals surface area contributed by atoms with E-state index in [9.17, 15) is 9.59 Å². The first-order valence-corrected chi connectivity index (χ1v) is 5.46. The normalized spacial score (nSPS) is 10.2. The number of fused-ring (bicyclic) bond motifs is 1. The number of nitrogens with one attached hydrogen (secondary N) is 1. The predicted octanol–water partition coefficient (Wildman–Crippen LogP) is 1.47. The molecule has 1 aromatic carbocycles. The van der Waals surface area contributed by atoms with Crippen molar-refractivity contribution in [1.82, 2.24) is 4.57 Å². The van der Waals surface area contributed by atoms with Crippen LogP contribution in [0.2, 0.25) is 0 Å². The van der Waals surface area contributed by atoms with Gasteiger partial charge in [-0.2, -0.15) is 5.26 Å². The molecule has 6 heteroatoms. The van der Waals surface area contributed by atoms with E-state index < -0.39 is 11.7 Å². The summed E-state index contributed by atoms with van der Waals surface area (Å²) in [6.07, 6.45) is -0.210. The van der Waals surface area contributed by atoms with Crippen molar-refractivity contribution in [3.8, 4) is 6.07 Å². The quantitative estimate of drug-likeness (QED) is 0.886. The van der Waals surface area contributed by atoms with Crippen LogP contribution in [-0.2, 0) is 11.3 Å². The summed E-state index contributed by atoms with van der Waals surface area (Å²) in [5, 5.41) is 10.9.